The van der Waals surface area contributed by atoms with Crippen molar-refractivity contribution in [2.24, 2.45) is 5.73 Å². The Hall–Kier alpha value is -2.92. The normalized spacial score (nSPS) is 11.5. The summed E-state index contributed by atoms with van der Waals surface area (Å²) >= 11 is 0. The average molecular weight is 374 g/mol. The Morgan fingerprint density at radius 3 is 2.50 bits per heavy atom. The molecule has 2 aromatic heterocycles. The van der Waals surface area contributed by atoms with Crippen molar-refractivity contribution >= 4 is 21.9 Å². The van der Waals surface area contributed by atoms with Gasteiger partial charge >= 0.3 is 0 Å². The SMILES string of the molecule is CCCCn1c(=O)c(-c2cn(CCCN)c3ccccc23)nc2ccccc21. The van der Waals surface area contributed by atoms with Gasteiger partial charge in [-0.15, -0.1) is 0 Å². The van der Waals surface area contributed by atoms with E-state index in [1.807, 2.05) is 41.0 Å². The number of para-hydroxylation sites is 3. The lowest BCUT2D eigenvalue weighted by molar-refractivity contribution is 0.630. The van der Waals surface area contributed by atoms with E-state index in [1.54, 1.807) is 0 Å². The van der Waals surface area contributed by atoms with Crippen LogP contribution in [0.3, 0.4) is 0 Å². The molecule has 0 unspecified atom stereocenters. The predicted molar refractivity (Wildman–Crippen MR) is 116 cm³/mol. The zero-order valence-corrected chi connectivity index (χ0v) is 16.3. The third kappa shape index (κ3) is 3.22. The summed E-state index contributed by atoms with van der Waals surface area (Å²) in [5.74, 6) is 0. The van der Waals surface area contributed by atoms with Crippen molar-refractivity contribution in [1.29, 1.82) is 0 Å². The molecule has 0 radical (unpaired) electrons. The summed E-state index contributed by atoms with van der Waals surface area (Å²) in [4.78, 5) is 18.2. The number of nitrogens with zero attached hydrogens (tertiary/aromatic N) is 3. The molecule has 0 bridgehead atoms. The Bertz CT molecular complexity index is 1170. The Morgan fingerprint density at radius 1 is 0.964 bits per heavy atom. The van der Waals surface area contributed by atoms with Crippen LogP contribution in [0.4, 0.5) is 0 Å². The molecule has 0 amide bonds. The maximum Gasteiger partial charge on any atom is 0.277 e. The third-order valence-electron chi connectivity index (χ3n) is 5.23. The summed E-state index contributed by atoms with van der Waals surface area (Å²) in [6.45, 7) is 4.31. The topological polar surface area (TPSA) is 65.8 Å². The van der Waals surface area contributed by atoms with Crippen molar-refractivity contribution < 1.29 is 0 Å². The molecule has 0 spiro atoms. The van der Waals surface area contributed by atoms with Gasteiger partial charge in [-0.1, -0.05) is 43.7 Å². The van der Waals surface area contributed by atoms with E-state index < -0.39 is 0 Å². The second kappa shape index (κ2) is 7.98. The van der Waals surface area contributed by atoms with E-state index >= 15 is 0 Å². The van der Waals surface area contributed by atoms with Crippen molar-refractivity contribution in [3.05, 3.63) is 65.1 Å². The Balaban J connectivity index is 1.97. The summed E-state index contributed by atoms with van der Waals surface area (Å²) < 4.78 is 4.07. The van der Waals surface area contributed by atoms with E-state index in [-0.39, 0.29) is 5.56 Å². The Labute approximate surface area is 164 Å². The first-order valence-electron chi connectivity index (χ1n) is 10.0. The van der Waals surface area contributed by atoms with E-state index in [0.29, 0.717) is 18.8 Å². The fourth-order valence-corrected chi connectivity index (χ4v) is 3.79. The highest BCUT2D eigenvalue weighted by atomic mass is 16.1. The highest BCUT2D eigenvalue weighted by Gasteiger charge is 2.17. The van der Waals surface area contributed by atoms with E-state index in [1.165, 1.54) is 0 Å². The molecule has 0 atom stereocenters. The summed E-state index contributed by atoms with van der Waals surface area (Å²) in [7, 11) is 0. The molecule has 2 N–H and O–H groups in total. The van der Waals surface area contributed by atoms with Crippen LogP contribution in [0.5, 0.6) is 0 Å². The molecule has 0 saturated carbocycles. The maximum atomic E-state index is 13.4. The number of nitrogens with two attached hydrogens (primary N) is 1. The Morgan fingerprint density at radius 2 is 1.71 bits per heavy atom. The molecule has 2 heterocycles. The van der Waals surface area contributed by atoms with Gasteiger partial charge in [0.2, 0.25) is 0 Å². The lowest BCUT2D eigenvalue weighted by Gasteiger charge is -2.11. The minimum Gasteiger partial charge on any atom is -0.347 e. The molecule has 0 saturated heterocycles. The molecule has 0 fully saturated rings. The van der Waals surface area contributed by atoms with Crippen molar-refractivity contribution in [2.45, 2.75) is 39.3 Å². The highest BCUT2D eigenvalue weighted by Crippen LogP contribution is 2.29. The van der Waals surface area contributed by atoms with Crippen LogP contribution in [0.15, 0.2) is 59.5 Å². The summed E-state index contributed by atoms with van der Waals surface area (Å²) in [6.07, 6.45) is 4.95. The second-order valence-electron chi connectivity index (χ2n) is 7.16. The lowest BCUT2D eigenvalue weighted by Crippen LogP contribution is -2.23. The van der Waals surface area contributed by atoms with Crippen molar-refractivity contribution in [1.82, 2.24) is 14.1 Å². The number of unbranched alkanes of at least 4 members (excludes halogenated alkanes) is 1. The smallest absolute Gasteiger partial charge is 0.277 e. The zero-order valence-electron chi connectivity index (χ0n) is 16.3. The van der Waals surface area contributed by atoms with Crippen LogP contribution < -0.4 is 11.3 Å². The number of hydrogen-bond donors (Lipinski definition) is 1. The lowest BCUT2D eigenvalue weighted by atomic mass is 10.1. The van der Waals surface area contributed by atoms with Crippen molar-refractivity contribution in [3.8, 4) is 11.3 Å². The van der Waals surface area contributed by atoms with Crippen molar-refractivity contribution in [2.75, 3.05) is 6.54 Å². The van der Waals surface area contributed by atoms with Crippen LogP contribution in [-0.4, -0.2) is 20.7 Å². The first-order valence-corrected chi connectivity index (χ1v) is 10.0. The second-order valence-corrected chi connectivity index (χ2v) is 7.16. The van der Waals surface area contributed by atoms with Crippen molar-refractivity contribution in [3.63, 3.8) is 0 Å². The molecule has 0 aliphatic rings. The van der Waals surface area contributed by atoms with Gasteiger partial charge in [0.1, 0.15) is 5.69 Å². The van der Waals surface area contributed by atoms with Gasteiger partial charge in [0, 0.05) is 35.8 Å². The van der Waals surface area contributed by atoms with Gasteiger partial charge in [-0.2, -0.15) is 0 Å². The third-order valence-corrected chi connectivity index (χ3v) is 5.23. The first kappa shape index (κ1) is 18.4. The quantitative estimate of drug-likeness (QED) is 0.528. The number of hydrogen-bond acceptors (Lipinski definition) is 3. The van der Waals surface area contributed by atoms with Gasteiger partial charge in [-0.25, -0.2) is 4.98 Å². The standard InChI is InChI=1S/C23H26N4O/c1-2-3-15-27-21-12-7-5-10-19(21)25-22(23(27)28)18-16-26(14-8-13-24)20-11-6-4-9-17(18)20/h4-7,9-12,16H,2-3,8,13-15,24H2,1H3. The molecule has 144 valence electrons. The Kier molecular flexibility index (Phi) is 5.26. The number of benzene rings is 2. The number of aryl methyl sites for hydroxylation is 2. The van der Waals surface area contributed by atoms with Gasteiger partial charge in [0.15, 0.2) is 0 Å². The highest BCUT2D eigenvalue weighted by molar-refractivity contribution is 5.95. The van der Waals surface area contributed by atoms with Gasteiger partial charge in [0.05, 0.1) is 11.0 Å². The van der Waals surface area contributed by atoms with Gasteiger partial charge in [0.25, 0.3) is 5.56 Å². The predicted octanol–water partition coefficient (Wildman–Crippen LogP) is 4.17. The van der Waals surface area contributed by atoms with Crippen LogP contribution in [0.25, 0.3) is 33.2 Å². The molecule has 5 heteroatoms. The van der Waals surface area contributed by atoms with Crippen LogP contribution >= 0.6 is 0 Å². The van der Waals surface area contributed by atoms with E-state index in [0.717, 1.165) is 53.3 Å². The molecule has 0 aliphatic heterocycles. The molecule has 2 aromatic carbocycles. The molecule has 0 aliphatic carbocycles. The van der Waals surface area contributed by atoms with Gasteiger partial charge in [-0.3, -0.25) is 4.79 Å². The van der Waals surface area contributed by atoms with Crippen LogP contribution in [0.2, 0.25) is 0 Å². The fourth-order valence-electron chi connectivity index (χ4n) is 3.79. The van der Waals surface area contributed by atoms with E-state index in [4.69, 9.17) is 10.7 Å². The molecular formula is C23H26N4O. The minimum absolute atomic E-state index is 0.0196. The summed E-state index contributed by atoms with van der Waals surface area (Å²) in [5, 5.41) is 1.06. The minimum atomic E-state index is -0.0196. The number of aromatic nitrogens is 3. The van der Waals surface area contributed by atoms with Crippen LogP contribution in [0.1, 0.15) is 26.2 Å². The summed E-state index contributed by atoms with van der Waals surface area (Å²) in [5.41, 5.74) is 9.98. The maximum absolute atomic E-state index is 13.4. The van der Waals surface area contributed by atoms with Gasteiger partial charge in [-0.05, 0) is 37.6 Å². The van der Waals surface area contributed by atoms with E-state index in [9.17, 15) is 4.79 Å². The molecule has 4 aromatic rings. The zero-order chi connectivity index (χ0) is 19.5. The largest absolute Gasteiger partial charge is 0.347 e. The monoisotopic (exact) mass is 374 g/mol. The molecule has 28 heavy (non-hydrogen) atoms. The van der Waals surface area contributed by atoms with Crippen LogP contribution in [0, 0.1) is 0 Å². The van der Waals surface area contributed by atoms with E-state index in [2.05, 4.69) is 29.8 Å². The van der Waals surface area contributed by atoms with Crippen LogP contribution in [-0.2, 0) is 13.1 Å². The number of rotatable bonds is 7. The first-order chi connectivity index (χ1) is 13.7. The average Bonchev–Trinajstić information content (AvgIpc) is 3.10. The molecular weight excluding hydrogens is 348 g/mol. The van der Waals surface area contributed by atoms with Gasteiger partial charge < -0.3 is 14.9 Å². The number of fused-ring (bicyclic) bond motifs is 2. The molecule has 4 rings (SSSR count). The fraction of sp³-hybridized carbons (Fsp3) is 0.304. The molecule has 5 nitrogen and oxygen atoms in total. The summed E-state index contributed by atoms with van der Waals surface area (Å²) in [6, 6.07) is 16.1.